The molecule has 0 aromatic rings. The number of methoxy groups -OCH3 is 2. The van der Waals surface area contributed by atoms with E-state index in [9.17, 15) is 9.59 Å². The third-order valence-electron chi connectivity index (χ3n) is 2.58. The van der Waals surface area contributed by atoms with E-state index in [1.165, 1.54) is 14.2 Å². The lowest BCUT2D eigenvalue weighted by atomic mass is 9.74. The quantitative estimate of drug-likeness (QED) is 0.640. The SMILES string of the molecule is COC(=O)[C@@H]1C=CC=C[C@@]1(C)C(=O)OC. The molecule has 0 N–H and O–H groups in total. The number of allylic oxidation sites excluding steroid dienone is 2. The van der Waals surface area contributed by atoms with Crippen LogP contribution >= 0.6 is 0 Å². The van der Waals surface area contributed by atoms with Gasteiger partial charge in [0.05, 0.1) is 20.1 Å². The number of carbonyl (C=O) groups is 2. The maximum atomic E-state index is 11.6. The van der Waals surface area contributed by atoms with Gasteiger partial charge in [-0.25, -0.2) is 0 Å². The highest BCUT2D eigenvalue weighted by Crippen LogP contribution is 2.35. The molecule has 0 aromatic carbocycles. The average molecular weight is 210 g/mol. The molecule has 2 atom stereocenters. The highest BCUT2D eigenvalue weighted by Gasteiger charge is 2.44. The van der Waals surface area contributed by atoms with Crippen molar-refractivity contribution in [2.75, 3.05) is 14.2 Å². The van der Waals surface area contributed by atoms with Gasteiger partial charge < -0.3 is 9.47 Å². The molecule has 15 heavy (non-hydrogen) atoms. The Bertz CT molecular complexity index is 329. The van der Waals surface area contributed by atoms with Gasteiger partial charge in [0.2, 0.25) is 0 Å². The Kier molecular flexibility index (Phi) is 3.29. The standard InChI is InChI=1S/C11H14O4/c1-11(10(13)15-3)7-5-4-6-8(11)9(12)14-2/h4-8H,1-3H3/t8-,11+/m0/s1. The van der Waals surface area contributed by atoms with Gasteiger partial charge in [-0.05, 0) is 6.92 Å². The Morgan fingerprint density at radius 1 is 1.20 bits per heavy atom. The highest BCUT2D eigenvalue weighted by atomic mass is 16.5. The Morgan fingerprint density at radius 3 is 2.40 bits per heavy atom. The first-order valence-corrected chi connectivity index (χ1v) is 4.58. The van der Waals surface area contributed by atoms with Crippen LogP contribution in [0.4, 0.5) is 0 Å². The molecule has 0 heterocycles. The third-order valence-corrected chi connectivity index (χ3v) is 2.58. The molecule has 0 bridgehead atoms. The summed E-state index contributed by atoms with van der Waals surface area (Å²) >= 11 is 0. The molecular weight excluding hydrogens is 196 g/mol. The first-order valence-electron chi connectivity index (χ1n) is 4.58. The molecule has 1 aliphatic rings. The molecular formula is C11H14O4. The van der Waals surface area contributed by atoms with Gasteiger partial charge in [-0.15, -0.1) is 0 Å². The average Bonchev–Trinajstić information content (AvgIpc) is 2.27. The Hall–Kier alpha value is -1.58. The minimum Gasteiger partial charge on any atom is -0.469 e. The van der Waals surface area contributed by atoms with Crippen molar-refractivity contribution in [1.29, 1.82) is 0 Å². The van der Waals surface area contributed by atoms with Gasteiger partial charge in [0.1, 0.15) is 5.41 Å². The minimum atomic E-state index is -0.976. The van der Waals surface area contributed by atoms with E-state index in [1.54, 1.807) is 31.2 Å². The van der Waals surface area contributed by atoms with Crippen LogP contribution in [0.25, 0.3) is 0 Å². The van der Waals surface area contributed by atoms with Gasteiger partial charge in [-0.1, -0.05) is 24.3 Å². The van der Waals surface area contributed by atoms with E-state index in [0.29, 0.717) is 0 Å². The van der Waals surface area contributed by atoms with E-state index in [2.05, 4.69) is 9.47 Å². The summed E-state index contributed by atoms with van der Waals surface area (Å²) in [4.78, 5) is 23.1. The maximum absolute atomic E-state index is 11.6. The summed E-state index contributed by atoms with van der Waals surface area (Å²) in [5.74, 6) is -1.51. The fourth-order valence-electron chi connectivity index (χ4n) is 1.60. The Balaban J connectivity index is 3.04. The fourth-order valence-corrected chi connectivity index (χ4v) is 1.60. The van der Waals surface area contributed by atoms with Crippen molar-refractivity contribution >= 4 is 11.9 Å². The van der Waals surface area contributed by atoms with E-state index < -0.39 is 23.3 Å². The second-order valence-corrected chi connectivity index (χ2v) is 3.52. The minimum absolute atomic E-state index is 0.441. The van der Waals surface area contributed by atoms with Crippen molar-refractivity contribution in [1.82, 2.24) is 0 Å². The van der Waals surface area contributed by atoms with Gasteiger partial charge >= 0.3 is 11.9 Å². The second-order valence-electron chi connectivity index (χ2n) is 3.52. The molecule has 0 saturated carbocycles. The molecule has 0 aliphatic heterocycles. The van der Waals surface area contributed by atoms with Gasteiger partial charge in [0, 0.05) is 0 Å². The zero-order valence-corrected chi connectivity index (χ0v) is 9.02. The van der Waals surface area contributed by atoms with Crippen molar-refractivity contribution in [3.05, 3.63) is 24.3 Å². The van der Waals surface area contributed by atoms with Crippen molar-refractivity contribution in [3.8, 4) is 0 Å². The van der Waals surface area contributed by atoms with Crippen molar-refractivity contribution < 1.29 is 19.1 Å². The van der Waals surface area contributed by atoms with Crippen LogP contribution in [0.15, 0.2) is 24.3 Å². The van der Waals surface area contributed by atoms with Crippen LogP contribution in [0.3, 0.4) is 0 Å². The molecule has 82 valence electrons. The molecule has 0 unspecified atom stereocenters. The fraction of sp³-hybridized carbons (Fsp3) is 0.455. The number of ether oxygens (including phenoxy) is 2. The molecule has 4 nitrogen and oxygen atoms in total. The van der Waals surface area contributed by atoms with Crippen molar-refractivity contribution in [2.45, 2.75) is 6.92 Å². The topological polar surface area (TPSA) is 52.6 Å². The summed E-state index contributed by atoms with van der Waals surface area (Å²) in [6.45, 7) is 1.65. The molecule has 0 saturated heterocycles. The van der Waals surface area contributed by atoms with Crippen molar-refractivity contribution in [2.24, 2.45) is 11.3 Å². The predicted molar refractivity (Wildman–Crippen MR) is 53.9 cm³/mol. The van der Waals surface area contributed by atoms with Gasteiger partial charge in [0.15, 0.2) is 0 Å². The molecule has 0 fully saturated rings. The number of hydrogen-bond acceptors (Lipinski definition) is 4. The van der Waals surface area contributed by atoms with Gasteiger partial charge in [-0.2, -0.15) is 0 Å². The lowest BCUT2D eigenvalue weighted by Gasteiger charge is -2.30. The molecule has 0 aromatic heterocycles. The van der Waals surface area contributed by atoms with Gasteiger partial charge in [-0.3, -0.25) is 9.59 Å². The molecule has 0 spiro atoms. The molecule has 1 aliphatic carbocycles. The summed E-state index contributed by atoms with van der Waals surface area (Å²) < 4.78 is 9.33. The molecule has 0 amide bonds. The highest BCUT2D eigenvalue weighted by molar-refractivity contribution is 5.88. The largest absolute Gasteiger partial charge is 0.469 e. The van der Waals surface area contributed by atoms with Crippen LogP contribution in [0, 0.1) is 11.3 Å². The monoisotopic (exact) mass is 210 g/mol. The lowest BCUT2D eigenvalue weighted by molar-refractivity contribution is -0.159. The van der Waals surface area contributed by atoms with Crippen molar-refractivity contribution in [3.63, 3.8) is 0 Å². The van der Waals surface area contributed by atoms with E-state index in [-0.39, 0.29) is 0 Å². The van der Waals surface area contributed by atoms with Crippen LogP contribution in [0.2, 0.25) is 0 Å². The molecule has 1 rings (SSSR count). The summed E-state index contributed by atoms with van der Waals surface area (Å²) in [5.41, 5.74) is -0.976. The van der Waals surface area contributed by atoms with E-state index in [1.807, 2.05) is 0 Å². The Labute approximate surface area is 88.6 Å². The first-order chi connectivity index (χ1) is 7.06. The summed E-state index contributed by atoms with van der Waals surface area (Å²) in [6, 6.07) is 0. The lowest BCUT2D eigenvalue weighted by Crippen LogP contribution is -2.40. The van der Waals surface area contributed by atoms with Gasteiger partial charge in [0.25, 0.3) is 0 Å². The third kappa shape index (κ3) is 1.93. The Morgan fingerprint density at radius 2 is 1.87 bits per heavy atom. The second kappa shape index (κ2) is 4.29. The summed E-state index contributed by atoms with van der Waals surface area (Å²) in [7, 11) is 2.60. The predicted octanol–water partition coefficient (Wildman–Crippen LogP) is 1.08. The zero-order valence-electron chi connectivity index (χ0n) is 9.02. The smallest absolute Gasteiger partial charge is 0.316 e. The van der Waals surface area contributed by atoms with E-state index >= 15 is 0 Å². The van der Waals surface area contributed by atoms with E-state index in [4.69, 9.17) is 0 Å². The first kappa shape index (κ1) is 11.5. The molecule has 0 radical (unpaired) electrons. The van der Waals surface area contributed by atoms with Crippen LogP contribution in [0.5, 0.6) is 0 Å². The van der Waals surface area contributed by atoms with Crippen LogP contribution in [-0.4, -0.2) is 26.2 Å². The number of esters is 2. The number of hydrogen-bond donors (Lipinski definition) is 0. The summed E-state index contributed by atoms with van der Waals surface area (Å²) in [6.07, 6.45) is 6.73. The van der Waals surface area contributed by atoms with Crippen LogP contribution in [0.1, 0.15) is 6.92 Å². The number of rotatable bonds is 2. The zero-order chi connectivity index (χ0) is 11.5. The van der Waals surface area contributed by atoms with Crippen LogP contribution in [-0.2, 0) is 19.1 Å². The van der Waals surface area contributed by atoms with Crippen LogP contribution < -0.4 is 0 Å². The molecule has 4 heteroatoms. The number of carbonyl (C=O) groups excluding carboxylic acids is 2. The van der Waals surface area contributed by atoms with E-state index in [0.717, 1.165) is 0 Å². The maximum Gasteiger partial charge on any atom is 0.316 e. The normalized spacial score (nSPS) is 28.6. The summed E-state index contributed by atoms with van der Waals surface area (Å²) in [5, 5.41) is 0.